The van der Waals surface area contributed by atoms with Gasteiger partial charge in [0.05, 0.1) is 17.2 Å². The number of ketones is 1. The number of carbonyl (C=O) groups excluding carboxylic acids is 2. The molecule has 0 unspecified atom stereocenters. The zero-order chi connectivity index (χ0) is 19.4. The first-order chi connectivity index (χ1) is 12.9. The van der Waals surface area contributed by atoms with Crippen molar-refractivity contribution in [2.45, 2.75) is 32.5 Å². The summed E-state index contributed by atoms with van der Waals surface area (Å²) in [6.45, 7) is 6.07. The number of nitrogens with zero attached hydrogens (tertiary/aromatic N) is 2. The molecule has 2 aromatic heterocycles. The van der Waals surface area contributed by atoms with Crippen molar-refractivity contribution in [2.24, 2.45) is 0 Å². The number of thioether (sulfide) groups is 1. The summed E-state index contributed by atoms with van der Waals surface area (Å²) in [4.78, 5) is 29.6. The first-order valence-corrected chi connectivity index (χ1v) is 10.3. The van der Waals surface area contributed by atoms with E-state index in [1.807, 2.05) is 22.9 Å². The molecule has 0 saturated heterocycles. The molecule has 1 amide bonds. The fourth-order valence-electron chi connectivity index (χ4n) is 2.72. The number of benzene rings is 1. The van der Waals surface area contributed by atoms with Crippen molar-refractivity contribution in [1.82, 2.24) is 14.9 Å². The van der Waals surface area contributed by atoms with Gasteiger partial charge >= 0.3 is 0 Å². The lowest BCUT2D eigenvalue weighted by atomic mass is 10.1. The Labute approximate surface area is 166 Å². The van der Waals surface area contributed by atoms with E-state index < -0.39 is 0 Å². The molecule has 0 aliphatic carbocycles. The SMILES string of the molecule is CC(=O)NCc1ccc(C(=O)CSc2nccn2-c2cc(C)cc(C)c2)s1. The van der Waals surface area contributed by atoms with Gasteiger partial charge in [-0.2, -0.15) is 0 Å². The molecule has 7 heteroatoms. The standard InChI is InChI=1S/C20H21N3O2S2/c1-13-8-14(2)10-16(9-13)23-7-6-21-20(23)26-12-18(25)19-5-4-17(27-19)11-22-15(3)24/h4-10H,11-12H2,1-3H3,(H,22,24). The molecule has 5 nitrogen and oxygen atoms in total. The fourth-order valence-corrected chi connectivity index (χ4v) is 4.55. The van der Waals surface area contributed by atoms with Gasteiger partial charge in [0.1, 0.15) is 0 Å². The average molecular weight is 400 g/mol. The van der Waals surface area contributed by atoms with Crippen LogP contribution in [0.1, 0.15) is 32.6 Å². The van der Waals surface area contributed by atoms with Crippen LogP contribution < -0.4 is 5.32 Å². The molecule has 0 aliphatic heterocycles. The van der Waals surface area contributed by atoms with Gasteiger partial charge in [-0.05, 0) is 49.2 Å². The molecule has 0 bridgehead atoms. The summed E-state index contributed by atoms with van der Waals surface area (Å²) in [5, 5.41) is 3.54. The Hall–Kier alpha value is -2.38. The third-order valence-corrected chi connectivity index (χ3v) is 5.96. The molecule has 0 spiro atoms. The molecule has 0 radical (unpaired) electrons. The molecular formula is C20H21N3O2S2. The number of amides is 1. The molecule has 0 atom stereocenters. The minimum atomic E-state index is -0.0787. The number of Topliss-reactive ketones (excluding diaryl/α,β-unsaturated/α-hetero) is 1. The lowest BCUT2D eigenvalue weighted by molar-refractivity contribution is -0.119. The Morgan fingerprint density at radius 3 is 2.63 bits per heavy atom. The first-order valence-electron chi connectivity index (χ1n) is 8.53. The maximum atomic E-state index is 12.5. The van der Waals surface area contributed by atoms with Gasteiger partial charge in [-0.25, -0.2) is 4.98 Å². The van der Waals surface area contributed by atoms with Crippen LogP contribution in [0, 0.1) is 13.8 Å². The minimum absolute atomic E-state index is 0.0639. The third kappa shape index (κ3) is 5.08. The van der Waals surface area contributed by atoms with E-state index in [0.717, 1.165) is 15.7 Å². The molecule has 0 saturated carbocycles. The number of nitrogens with one attached hydrogen (secondary N) is 1. The number of imidazole rings is 1. The lowest BCUT2D eigenvalue weighted by Crippen LogP contribution is -2.18. The summed E-state index contributed by atoms with van der Waals surface area (Å²) in [7, 11) is 0. The van der Waals surface area contributed by atoms with Crippen molar-refractivity contribution in [3.63, 3.8) is 0 Å². The molecule has 0 fully saturated rings. The Morgan fingerprint density at radius 1 is 1.19 bits per heavy atom. The summed E-state index contributed by atoms with van der Waals surface area (Å²) >= 11 is 2.85. The highest BCUT2D eigenvalue weighted by molar-refractivity contribution is 7.99. The van der Waals surface area contributed by atoms with Crippen LogP contribution in [0.3, 0.4) is 0 Å². The monoisotopic (exact) mass is 399 g/mol. The van der Waals surface area contributed by atoms with E-state index in [-0.39, 0.29) is 11.7 Å². The highest BCUT2D eigenvalue weighted by Gasteiger charge is 2.13. The van der Waals surface area contributed by atoms with Gasteiger partial charge in [-0.1, -0.05) is 17.8 Å². The highest BCUT2D eigenvalue weighted by atomic mass is 32.2. The van der Waals surface area contributed by atoms with Crippen LogP contribution in [0.4, 0.5) is 0 Å². The second kappa shape index (κ2) is 8.54. The molecule has 1 aromatic carbocycles. The number of carbonyl (C=O) groups is 2. The van der Waals surface area contributed by atoms with Crippen molar-refractivity contribution in [2.75, 3.05) is 5.75 Å². The number of thiophene rings is 1. The quantitative estimate of drug-likeness (QED) is 0.479. The third-order valence-electron chi connectivity index (χ3n) is 3.87. The van der Waals surface area contributed by atoms with Crippen molar-refractivity contribution >= 4 is 34.8 Å². The molecule has 27 heavy (non-hydrogen) atoms. The fraction of sp³-hybridized carbons (Fsp3) is 0.250. The second-order valence-electron chi connectivity index (χ2n) is 6.31. The van der Waals surface area contributed by atoms with Crippen LogP contribution in [0.5, 0.6) is 0 Å². The van der Waals surface area contributed by atoms with E-state index in [0.29, 0.717) is 17.2 Å². The van der Waals surface area contributed by atoms with Crippen LogP contribution in [-0.2, 0) is 11.3 Å². The normalized spacial score (nSPS) is 10.8. The van der Waals surface area contributed by atoms with E-state index >= 15 is 0 Å². The van der Waals surface area contributed by atoms with E-state index in [1.165, 1.54) is 41.1 Å². The maximum absolute atomic E-state index is 12.5. The van der Waals surface area contributed by atoms with Crippen molar-refractivity contribution < 1.29 is 9.59 Å². The van der Waals surface area contributed by atoms with E-state index in [4.69, 9.17) is 0 Å². The molecule has 2 heterocycles. The maximum Gasteiger partial charge on any atom is 0.217 e. The van der Waals surface area contributed by atoms with Gasteiger partial charge < -0.3 is 5.32 Å². The molecule has 1 N–H and O–H groups in total. The largest absolute Gasteiger partial charge is 0.351 e. The Kier molecular flexibility index (Phi) is 6.13. The predicted molar refractivity (Wildman–Crippen MR) is 110 cm³/mol. The van der Waals surface area contributed by atoms with Gasteiger partial charge in [0.25, 0.3) is 0 Å². The molecule has 140 valence electrons. The number of hydrogen-bond acceptors (Lipinski definition) is 5. The summed E-state index contributed by atoms with van der Waals surface area (Å²) in [5.74, 6) is 0.307. The summed E-state index contributed by atoms with van der Waals surface area (Å²) in [5.41, 5.74) is 3.43. The van der Waals surface area contributed by atoms with Crippen molar-refractivity contribution in [3.05, 3.63) is 63.6 Å². The number of aromatic nitrogens is 2. The van der Waals surface area contributed by atoms with E-state index in [2.05, 4.69) is 42.3 Å². The minimum Gasteiger partial charge on any atom is -0.351 e. The van der Waals surface area contributed by atoms with Crippen LogP contribution in [0.25, 0.3) is 5.69 Å². The van der Waals surface area contributed by atoms with Crippen LogP contribution >= 0.6 is 23.1 Å². The van der Waals surface area contributed by atoms with Gasteiger partial charge in [-0.15, -0.1) is 11.3 Å². The Morgan fingerprint density at radius 2 is 1.93 bits per heavy atom. The topological polar surface area (TPSA) is 64.0 Å². The van der Waals surface area contributed by atoms with Crippen molar-refractivity contribution in [1.29, 1.82) is 0 Å². The van der Waals surface area contributed by atoms with Crippen molar-refractivity contribution in [3.8, 4) is 5.69 Å². The number of aryl methyl sites for hydroxylation is 2. The molecule has 3 rings (SSSR count). The van der Waals surface area contributed by atoms with Gasteiger partial charge in [-0.3, -0.25) is 14.2 Å². The molecular weight excluding hydrogens is 378 g/mol. The molecule has 3 aromatic rings. The zero-order valence-corrected chi connectivity index (χ0v) is 17.1. The lowest BCUT2D eigenvalue weighted by Gasteiger charge is -2.09. The Balaban J connectivity index is 1.66. The summed E-state index contributed by atoms with van der Waals surface area (Å²) < 4.78 is 2.01. The number of rotatable bonds is 7. The zero-order valence-electron chi connectivity index (χ0n) is 15.5. The van der Waals surface area contributed by atoms with E-state index in [1.54, 1.807) is 6.20 Å². The van der Waals surface area contributed by atoms with Gasteiger partial charge in [0.15, 0.2) is 10.9 Å². The average Bonchev–Trinajstić information content (AvgIpc) is 3.26. The summed E-state index contributed by atoms with van der Waals surface area (Å²) in [6, 6.07) is 10.0. The summed E-state index contributed by atoms with van der Waals surface area (Å²) in [6.07, 6.45) is 3.67. The van der Waals surface area contributed by atoms with Gasteiger partial charge in [0.2, 0.25) is 5.91 Å². The predicted octanol–water partition coefficient (Wildman–Crippen LogP) is 4.16. The molecule has 0 aliphatic rings. The van der Waals surface area contributed by atoms with Crippen LogP contribution in [0.2, 0.25) is 0 Å². The highest BCUT2D eigenvalue weighted by Crippen LogP contribution is 2.24. The van der Waals surface area contributed by atoms with Gasteiger partial charge in [0, 0.05) is 29.9 Å². The van der Waals surface area contributed by atoms with E-state index in [9.17, 15) is 9.59 Å². The number of hydrogen-bond donors (Lipinski definition) is 1. The van der Waals surface area contributed by atoms with Crippen LogP contribution in [0.15, 0.2) is 47.9 Å². The Bertz CT molecular complexity index is 955. The van der Waals surface area contributed by atoms with Crippen LogP contribution in [-0.4, -0.2) is 27.0 Å². The first kappa shape index (κ1) is 19.4. The second-order valence-corrected chi connectivity index (χ2v) is 8.42. The smallest absolute Gasteiger partial charge is 0.217 e.